The zero-order valence-corrected chi connectivity index (χ0v) is 11.0. The van der Waals surface area contributed by atoms with E-state index >= 15 is 0 Å². The summed E-state index contributed by atoms with van der Waals surface area (Å²) in [6, 6.07) is 5.67. The molecule has 2 aromatic rings. The molecular weight excluding hydrogens is 244 g/mol. The molecule has 0 saturated carbocycles. The minimum absolute atomic E-state index is 0.267. The Labute approximate surface area is 110 Å². The van der Waals surface area contributed by atoms with Gasteiger partial charge >= 0.3 is 5.69 Å². The topological polar surface area (TPSA) is 68.9 Å². The van der Waals surface area contributed by atoms with E-state index in [9.17, 15) is 9.59 Å². The fourth-order valence-electron chi connectivity index (χ4n) is 1.83. The Morgan fingerprint density at radius 2 is 2.00 bits per heavy atom. The molecule has 19 heavy (non-hydrogen) atoms. The van der Waals surface area contributed by atoms with Crippen molar-refractivity contribution >= 4 is 0 Å². The average molecular weight is 260 g/mol. The lowest BCUT2D eigenvalue weighted by Gasteiger charge is -2.07. The van der Waals surface area contributed by atoms with Gasteiger partial charge in [-0.15, -0.1) is 0 Å². The molecule has 2 rings (SSSR count). The number of pyridine rings is 1. The van der Waals surface area contributed by atoms with Gasteiger partial charge in [0.1, 0.15) is 0 Å². The molecule has 0 spiro atoms. The molecule has 0 amide bonds. The summed E-state index contributed by atoms with van der Waals surface area (Å²) in [6.07, 6.45) is 3.29. The normalized spacial score (nSPS) is 10.6. The summed E-state index contributed by atoms with van der Waals surface area (Å²) in [7, 11) is 3.11. The Kier molecular flexibility index (Phi) is 3.91. The van der Waals surface area contributed by atoms with Crippen LogP contribution in [-0.2, 0) is 27.2 Å². The van der Waals surface area contributed by atoms with Crippen molar-refractivity contribution in [2.75, 3.05) is 0 Å². The molecule has 0 aromatic carbocycles. The number of hydrogen-bond acceptors (Lipinski definition) is 4. The highest BCUT2D eigenvalue weighted by Crippen LogP contribution is 1.94. The van der Waals surface area contributed by atoms with Gasteiger partial charge in [0.15, 0.2) is 0 Å². The molecular formula is C13H16N4O2. The third-order valence-electron chi connectivity index (χ3n) is 2.87. The molecule has 100 valence electrons. The van der Waals surface area contributed by atoms with Crippen LogP contribution in [0.15, 0.2) is 40.2 Å². The van der Waals surface area contributed by atoms with E-state index in [4.69, 9.17) is 0 Å². The molecule has 6 nitrogen and oxygen atoms in total. The highest BCUT2D eigenvalue weighted by atomic mass is 16.2. The Morgan fingerprint density at radius 3 is 2.68 bits per heavy atom. The van der Waals surface area contributed by atoms with Crippen LogP contribution in [0.4, 0.5) is 0 Å². The SMILES string of the molecule is Cn1cc(CNCc2ccccn2)c(=O)n(C)c1=O. The van der Waals surface area contributed by atoms with Crippen LogP contribution in [0.2, 0.25) is 0 Å². The van der Waals surface area contributed by atoms with Gasteiger partial charge in [0.2, 0.25) is 0 Å². The van der Waals surface area contributed by atoms with Crippen molar-refractivity contribution in [2.24, 2.45) is 14.1 Å². The molecule has 0 aliphatic rings. The van der Waals surface area contributed by atoms with Gasteiger partial charge in [-0.1, -0.05) is 6.07 Å². The van der Waals surface area contributed by atoms with Gasteiger partial charge in [-0.25, -0.2) is 4.79 Å². The summed E-state index contributed by atoms with van der Waals surface area (Å²) < 4.78 is 2.51. The van der Waals surface area contributed by atoms with E-state index in [1.807, 2.05) is 18.2 Å². The van der Waals surface area contributed by atoms with Crippen LogP contribution in [-0.4, -0.2) is 14.1 Å². The lowest BCUT2D eigenvalue weighted by molar-refractivity contribution is 0.626. The fraction of sp³-hybridized carbons (Fsp3) is 0.308. The molecule has 0 bridgehead atoms. The summed E-state index contributed by atoms with van der Waals surface area (Å²) in [5.41, 5.74) is 0.875. The Hall–Kier alpha value is -2.21. The maximum absolute atomic E-state index is 11.9. The van der Waals surface area contributed by atoms with Crippen LogP contribution in [0.3, 0.4) is 0 Å². The van der Waals surface area contributed by atoms with Crippen LogP contribution in [0.1, 0.15) is 11.3 Å². The number of rotatable bonds is 4. The van der Waals surface area contributed by atoms with Crippen molar-refractivity contribution in [3.63, 3.8) is 0 Å². The minimum Gasteiger partial charge on any atom is -0.307 e. The number of aryl methyl sites for hydroxylation is 1. The van der Waals surface area contributed by atoms with Gasteiger partial charge in [0, 0.05) is 45.1 Å². The van der Waals surface area contributed by atoms with Crippen molar-refractivity contribution in [1.82, 2.24) is 19.4 Å². The molecule has 0 saturated heterocycles. The van der Waals surface area contributed by atoms with Crippen LogP contribution < -0.4 is 16.6 Å². The summed E-state index contributed by atoms with van der Waals surface area (Å²) in [5.74, 6) is 0. The van der Waals surface area contributed by atoms with E-state index in [1.54, 1.807) is 19.4 Å². The first-order chi connectivity index (χ1) is 9.09. The van der Waals surface area contributed by atoms with Crippen molar-refractivity contribution in [2.45, 2.75) is 13.1 Å². The van der Waals surface area contributed by atoms with Gasteiger partial charge in [0.05, 0.1) is 5.69 Å². The molecule has 0 unspecified atom stereocenters. The first-order valence-electron chi connectivity index (χ1n) is 5.96. The predicted molar refractivity (Wildman–Crippen MR) is 71.7 cm³/mol. The zero-order chi connectivity index (χ0) is 13.8. The van der Waals surface area contributed by atoms with Crippen LogP contribution in [0.25, 0.3) is 0 Å². The summed E-state index contributed by atoms with van der Waals surface area (Å²) >= 11 is 0. The molecule has 2 heterocycles. The zero-order valence-electron chi connectivity index (χ0n) is 11.0. The quantitative estimate of drug-likeness (QED) is 0.824. The maximum atomic E-state index is 11.9. The van der Waals surface area contributed by atoms with Crippen molar-refractivity contribution in [3.05, 3.63) is 62.7 Å². The Morgan fingerprint density at radius 1 is 1.21 bits per heavy atom. The molecule has 1 N–H and O–H groups in total. The standard InChI is InChI=1S/C13H16N4O2/c1-16-9-10(12(18)17(2)13(16)19)7-14-8-11-5-3-4-6-15-11/h3-6,9,14H,7-8H2,1-2H3. The third-order valence-corrected chi connectivity index (χ3v) is 2.87. The molecule has 6 heteroatoms. The Bertz CT molecular complexity index is 673. The van der Waals surface area contributed by atoms with E-state index in [0.717, 1.165) is 10.3 Å². The molecule has 2 aromatic heterocycles. The highest BCUT2D eigenvalue weighted by Gasteiger charge is 2.06. The van der Waals surface area contributed by atoms with Gasteiger partial charge in [-0.2, -0.15) is 0 Å². The van der Waals surface area contributed by atoms with Gasteiger partial charge < -0.3 is 9.88 Å². The summed E-state index contributed by atoms with van der Waals surface area (Å²) in [4.78, 5) is 27.6. The lowest BCUT2D eigenvalue weighted by atomic mass is 10.3. The predicted octanol–water partition coefficient (Wildman–Crippen LogP) is -0.231. The number of aromatic nitrogens is 3. The van der Waals surface area contributed by atoms with E-state index in [1.165, 1.54) is 11.6 Å². The van der Waals surface area contributed by atoms with Crippen LogP contribution in [0, 0.1) is 0 Å². The van der Waals surface area contributed by atoms with Crippen LogP contribution >= 0.6 is 0 Å². The lowest BCUT2D eigenvalue weighted by Crippen LogP contribution is -2.39. The summed E-state index contributed by atoms with van der Waals surface area (Å²) in [6.45, 7) is 0.976. The monoisotopic (exact) mass is 260 g/mol. The average Bonchev–Trinajstić information content (AvgIpc) is 2.43. The Balaban J connectivity index is 2.09. The minimum atomic E-state index is -0.321. The molecule has 0 fully saturated rings. The first kappa shape index (κ1) is 13.2. The van der Waals surface area contributed by atoms with E-state index in [0.29, 0.717) is 18.7 Å². The fourth-order valence-corrected chi connectivity index (χ4v) is 1.83. The highest BCUT2D eigenvalue weighted by molar-refractivity contribution is 5.07. The summed E-state index contributed by atoms with van der Waals surface area (Å²) in [5, 5.41) is 3.14. The number of nitrogens with one attached hydrogen (secondary N) is 1. The third kappa shape index (κ3) is 2.97. The van der Waals surface area contributed by atoms with Crippen molar-refractivity contribution in [3.8, 4) is 0 Å². The largest absolute Gasteiger partial charge is 0.330 e. The van der Waals surface area contributed by atoms with Gasteiger partial charge in [-0.3, -0.25) is 14.3 Å². The second-order valence-electron chi connectivity index (χ2n) is 4.34. The second-order valence-corrected chi connectivity index (χ2v) is 4.34. The van der Waals surface area contributed by atoms with E-state index in [-0.39, 0.29) is 11.2 Å². The molecule has 0 aliphatic heterocycles. The van der Waals surface area contributed by atoms with E-state index < -0.39 is 0 Å². The molecule has 0 aliphatic carbocycles. The van der Waals surface area contributed by atoms with E-state index in [2.05, 4.69) is 10.3 Å². The smallest absolute Gasteiger partial charge is 0.307 e. The van der Waals surface area contributed by atoms with Gasteiger partial charge in [-0.05, 0) is 12.1 Å². The first-order valence-corrected chi connectivity index (χ1v) is 5.96. The van der Waals surface area contributed by atoms with Crippen molar-refractivity contribution < 1.29 is 0 Å². The molecule has 0 atom stereocenters. The van der Waals surface area contributed by atoms with Gasteiger partial charge in [0.25, 0.3) is 5.56 Å². The second kappa shape index (κ2) is 5.62. The van der Waals surface area contributed by atoms with Crippen LogP contribution in [0.5, 0.6) is 0 Å². The number of hydrogen-bond donors (Lipinski definition) is 1. The van der Waals surface area contributed by atoms with Crippen molar-refractivity contribution in [1.29, 1.82) is 0 Å². The molecule has 0 radical (unpaired) electrons. The maximum Gasteiger partial charge on any atom is 0.330 e. The number of nitrogens with zero attached hydrogens (tertiary/aromatic N) is 3.